The van der Waals surface area contributed by atoms with Crippen molar-refractivity contribution in [3.63, 3.8) is 0 Å². The van der Waals surface area contributed by atoms with E-state index in [0.29, 0.717) is 30.3 Å². The van der Waals surface area contributed by atoms with E-state index in [1.54, 1.807) is 0 Å². The lowest BCUT2D eigenvalue weighted by atomic mass is 9.65. The Labute approximate surface area is 138 Å². The molecule has 5 heteroatoms. The van der Waals surface area contributed by atoms with Gasteiger partial charge in [-0.05, 0) is 44.4 Å². The molecule has 4 unspecified atom stereocenters. The van der Waals surface area contributed by atoms with Gasteiger partial charge in [-0.15, -0.1) is 0 Å². The van der Waals surface area contributed by atoms with Gasteiger partial charge in [-0.25, -0.2) is 4.79 Å². The normalized spacial score (nSPS) is 37.9. The number of allylic oxidation sites excluding steroid dienone is 1. The molecule has 0 amide bonds. The van der Waals surface area contributed by atoms with Crippen molar-refractivity contribution >= 4 is 11.8 Å². The number of hydrogen-bond acceptors (Lipinski definition) is 5. The van der Waals surface area contributed by atoms with Gasteiger partial charge in [0.05, 0.1) is 12.7 Å². The first-order valence-corrected chi connectivity index (χ1v) is 8.84. The fourth-order valence-corrected chi connectivity index (χ4v) is 4.82. The Balaban J connectivity index is 1.75. The highest BCUT2D eigenvalue weighted by Gasteiger charge is 2.44. The average Bonchev–Trinajstić information content (AvgIpc) is 2.54. The molecule has 0 radical (unpaired) electrons. The molecule has 3 aliphatic rings. The maximum absolute atomic E-state index is 12.7. The van der Waals surface area contributed by atoms with E-state index in [1.165, 1.54) is 20.0 Å². The molecular formula is C18H28N2O3. The van der Waals surface area contributed by atoms with Crippen molar-refractivity contribution in [2.45, 2.75) is 64.0 Å². The molecule has 128 valence electrons. The van der Waals surface area contributed by atoms with Crippen molar-refractivity contribution in [3.8, 4) is 0 Å². The van der Waals surface area contributed by atoms with E-state index in [4.69, 9.17) is 10.5 Å². The molecule has 0 saturated heterocycles. The molecule has 0 aromatic heterocycles. The molecule has 5 nitrogen and oxygen atoms in total. The number of carbonyl (C=O) groups excluding carboxylic acids is 2. The lowest BCUT2D eigenvalue weighted by molar-refractivity contribution is -0.137. The molecule has 0 spiro atoms. The standard InChI is InChI=1S/C18H28N2O3/c1-10-13(18(22)23-2)9-14-16(20-10)7-11(8-17(14)21)12-5-3-4-6-15(12)19/h11-12,14-16,20H,3-9,19H2,1-2H3/t11-,12?,14?,15?,16?/m1/s1. The van der Waals surface area contributed by atoms with Crippen molar-refractivity contribution in [1.29, 1.82) is 0 Å². The Morgan fingerprint density at radius 3 is 2.70 bits per heavy atom. The van der Waals surface area contributed by atoms with Gasteiger partial charge < -0.3 is 15.8 Å². The number of Topliss-reactive ketones (excluding diaryl/α,β-unsaturated/α-hetero) is 1. The SMILES string of the molecule is COC(=O)C1=C(C)NC2C[C@@H](C3CCCCC3N)CC(=O)C2C1. The van der Waals surface area contributed by atoms with Crippen molar-refractivity contribution in [2.24, 2.45) is 23.5 Å². The maximum atomic E-state index is 12.7. The van der Waals surface area contributed by atoms with Gasteiger partial charge in [0.2, 0.25) is 0 Å². The molecule has 1 aliphatic heterocycles. The molecule has 2 fully saturated rings. The summed E-state index contributed by atoms with van der Waals surface area (Å²) in [5.41, 5.74) is 7.81. The molecule has 23 heavy (non-hydrogen) atoms. The second-order valence-corrected chi connectivity index (χ2v) is 7.43. The van der Waals surface area contributed by atoms with E-state index in [2.05, 4.69) is 5.32 Å². The van der Waals surface area contributed by atoms with Crippen LogP contribution in [0.2, 0.25) is 0 Å². The molecule has 3 N–H and O–H groups in total. The van der Waals surface area contributed by atoms with Gasteiger partial charge in [0.25, 0.3) is 0 Å². The highest BCUT2D eigenvalue weighted by Crippen LogP contribution is 2.41. The average molecular weight is 320 g/mol. The van der Waals surface area contributed by atoms with Gasteiger partial charge in [0.1, 0.15) is 5.78 Å². The van der Waals surface area contributed by atoms with Crippen LogP contribution in [-0.4, -0.2) is 30.9 Å². The number of hydrogen-bond donors (Lipinski definition) is 2. The molecule has 5 atom stereocenters. The smallest absolute Gasteiger partial charge is 0.335 e. The fraction of sp³-hybridized carbons (Fsp3) is 0.778. The highest BCUT2D eigenvalue weighted by atomic mass is 16.5. The van der Waals surface area contributed by atoms with Crippen LogP contribution in [0.25, 0.3) is 0 Å². The molecule has 0 aromatic carbocycles. The minimum Gasteiger partial charge on any atom is -0.466 e. The number of esters is 1. The second-order valence-electron chi connectivity index (χ2n) is 7.43. The number of ketones is 1. The Hall–Kier alpha value is -1.36. The Morgan fingerprint density at radius 1 is 1.26 bits per heavy atom. The van der Waals surface area contributed by atoms with Crippen LogP contribution >= 0.6 is 0 Å². The van der Waals surface area contributed by atoms with Gasteiger partial charge in [-0.3, -0.25) is 4.79 Å². The largest absolute Gasteiger partial charge is 0.466 e. The second kappa shape index (κ2) is 6.63. The van der Waals surface area contributed by atoms with Gasteiger partial charge >= 0.3 is 5.97 Å². The lowest BCUT2D eigenvalue weighted by Gasteiger charge is -2.44. The van der Waals surface area contributed by atoms with Crippen LogP contribution in [0.15, 0.2) is 11.3 Å². The summed E-state index contributed by atoms with van der Waals surface area (Å²) in [6.07, 6.45) is 6.80. The van der Waals surface area contributed by atoms with Gasteiger partial charge in [-0.1, -0.05) is 12.8 Å². The monoisotopic (exact) mass is 320 g/mol. The van der Waals surface area contributed by atoms with Crippen LogP contribution in [-0.2, 0) is 14.3 Å². The number of rotatable bonds is 2. The zero-order chi connectivity index (χ0) is 16.6. The number of ether oxygens (including phenoxy) is 1. The van der Waals surface area contributed by atoms with Crippen molar-refractivity contribution in [1.82, 2.24) is 5.32 Å². The number of fused-ring (bicyclic) bond motifs is 1. The van der Waals surface area contributed by atoms with Crippen LogP contribution in [0.5, 0.6) is 0 Å². The van der Waals surface area contributed by atoms with Crippen LogP contribution in [0.3, 0.4) is 0 Å². The summed E-state index contributed by atoms with van der Waals surface area (Å²) in [7, 11) is 1.39. The number of carbonyl (C=O) groups is 2. The Kier molecular flexibility index (Phi) is 4.76. The van der Waals surface area contributed by atoms with Crippen LogP contribution in [0.1, 0.15) is 51.9 Å². The predicted octanol–water partition coefficient (Wildman–Crippen LogP) is 1.91. The first kappa shape index (κ1) is 16.5. The summed E-state index contributed by atoms with van der Waals surface area (Å²) < 4.78 is 4.84. The van der Waals surface area contributed by atoms with Crippen molar-refractivity contribution < 1.29 is 14.3 Å². The summed E-state index contributed by atoms with van der Waals surface area (Å²) in [6, 6.07) is 0.382. The predicted molar refractivity (Wildman–Crippen MR) is 87.4 cm³/mol. The summed E-state index contributed by atoms with van der Waals surface area (Å²) in [5.74, 6) is 0.729. The minimum atomic E-state index is -0.322. The zero-order valence-corrected chi connectivity index (χ0v) is 14.1. The first-order valence-electron chi connectivity index (χ1n) is 8.84. The van der Waals surface area contributed by atoms with E-state index < -0.39 is 0 Å². The van der Waals surface area contributed by atoms with E-state index in [0.717, 1.165) is 25.0 Å². The molecule has 2 aliphatic carbocycles. The Bertz CT molecular complexity index is 528. The summed E-state index contributed by atoms with van der Waals surface area (Å²) in [5, 5.41) is 3.42. The quantitative estimate of drug-likeness (QED) is 0.760. The lowest BCUT2D eigenvalue weighted by Crippen LogP contribution is -2.51. The molecule has 0 aromatic rings. The number of nitrogens with two attached hydrogens (primary N) is 1. The molecule has 0 bridgehead atoms. The third-order valence-corrected chi connectivity index (χ3v) is 6.11. The van der Waals surface area contributed by atoms with Crippen LogP contribution < -0.4 is 11.1 Å². The highest BCUT2D eigenvalue weighted by molar-refractivity contribution is 5.92. The fourth-order valence-electron chi connectivity index (χ4n) is 4.82. The van der Waals surface area contributed by atoms with Crippen LogP contribution in [0, 0.1) is 17.8 Å². The van der Waals surface area contributed by atoms with Gasteiger partial charge in [0.15, 0.2) is 0 Å². The maximum Gasteiger partial charge on any atom is 0.335 e. The van der Waals surface area contributed by atoms with Crippen LogP contribution in [0.4, 0.5) is 0 Å². The number of nitrogens with one attached hydrogen (secondary N) is 1. The third-order valence-electron chi connectivity index (χ3n) is 6.11. The van der Waals surface area contributed by atoms with E-state index in [-0.39, 0.29) is 29.8 Å². The molecule has 2 saturated carbocycles. The number of methoxy groups -OCH3 is 1. The van der Waals surface area contributed by atoms with E-state index >= 15 is 0 Å². The van der Waals surface area contributed by atoms with E-state index in [1.807, 2.05) is 6.92 Å². The summed E-state index contributed by atoms with van der Waals surface area (Å²) in [6.45, 7) is 1.91. The zero-order valence-electron chi connectivity index (χ0n) is 14.1. The van der Waals surface area contributed by atoms with Gasteiger partial charge in [0, 0.05) is 30.1 Å². The molecule has 3 rings (SSSR count). The topological polar surface area (TPSA) is 81.4 Å². The first-order chi connectivity index (χ1) is 11.0. The Morgan fingerprint density at radius 2 is 2.00 bits per heavy atom. The molecule has 1 heterocycles. The van der Waals surface area contributed by atoms with Crippen molar-refractivity contribution in [3.05, 3.63) is 11.3 Å². The summed E-state index contributed by atoms with van der Waals surface area (Å²) in [4.78, 5) is 24.6. The molecular weight excluding hydrogens is 292 g/mol. The van der Waals surface area contributed by atoms with Gasteiger partial charge in [-0.2, -0.15) is 0 Å². The summed E-state index contributed by atoms with van der Waals surface area (Å²) >= 11 is 0. The van der Waals surface area contributed by atoms with Crippen molar-refractivity contribution in [2.75, 3.05) is 7.11 Å². The third kappa shape index (κ3) is 3.16. The minimum absolute atomic E-state index is 0.0936. The van der Waals surface area contributed by atoms with E-state index in [9.17, 15) is 9.59 Å².